The molecular formula is C25H24N6. The first-order chi connectivity index (χ1) is 15.3. The summed E-state index contributed by atoms with van der Waals surface area (Å²) in [5.41, 5.74) is 6.41. The van der Waals surface area contributed by atoms with E-state index < -0.39 is 0 Å². The average Bonchev–Trinajstić information content (AvgIpc) is 3.44. The molecule has 0 atom stereocenters. The fourth-order valence-electron chi connectivity index (χ4n) is 3.79. The van der Waals surface area contributed by atoms with Crippen LogP contribution in [0.4, 0.5) is 0 Å². The van der Waals surface area contributed by atoms with Crippen LogP contribution in [0.1, 0.15) is 36.7 Å². The Balaban J connectivity index is 1.49. The second-order valence-electron chi connectivity index (χ2n) is 7.66. The van der Waals surface area contributed by atoms with Crippen LogP contribution in [-0.4, -0.2) is 29.4 Å². The van der Waals surface area contributed by atoms with Gasteiger partial charge >= 0.3 is 0 Å². The van der Waals surface area contributed by atoms with Crippen LogP contribution >= 0.6 is 0 Å². The maximum Gasteiger partial charge on any atom is 0.234 e. The molecule has 5 rings (SSSR count). The second kappa shape index (κ2) is 8.52. The zero-order valence-electron chi connectivity index (χ0n) is 17.5. The van der Waals surface area contributed by atoms with Crippen molar-refractivity contribution in [3.05, 3.63) is 96.2 Å². The summed E-state index contributed by atoms with van der Waals surface area (Å²) in [4.78, 5) is 9.29. The monoisotopic (exact) mass is 408 g/mol. The Kier molecular flexibility index (Phi) is 5.27. The lowest BCUT2D eigenvalue weighted by Gasteiger charge is -2.07. The van der Waals surface area contributed by atoms with Gasteiger partial charge in [-0.1, -0.05) is 61.0 Å². The molecule has 6 nitrogen and oxygen atoms in total. The minimum absolute atomic E-state index is 0.712. The number of hydrogen-bond acceptors (Lipinski definition) is 4. The number of rotatable bonds is 7. The SMILES string of the molecule is CCCCc1cn(-c2ccc(-c3nc4ncccn4c3Cc3ccccc3)cc2)nn1. The normalized spacial score (nSPS) is 11.3. The molecule has 0 bridgehead atoms. The van der Waals surface area contributed by atoms with Gasteiger partial charge < -0.3 is 0 Å². The lowest BCUT2D eigenvalue weighted by atomic mass is 10.0. The van der Waals surface area contributed by atoms with Crippen LogP contribution < -0.4 is 0 Å². The van der Waals surface area contributed by atoms with Gasteiger partial charge in [-0.05, 0) is 36.6 Å². The first-order valence-corrected chi connectivity index (χ1v) is 10.7. The molecule has 0 aliphatic heterocycles. The van der Waals surface area contributed by atoms with E-state index in [-0.39, 0.29) is 0 Å². The van der Waals surface area contributed by atoms with Gasteiger partial charge in [0.15, 0.2) is 0 Å². The quantitative estimate of drug-likeness (QED) is 0.384. The van der Waals surface area contributed by atoms with Gasteiger partial charge in [0, 0.05) is 24.4 Å². The van der Waals surface area contributed by atoms with Crippen molar-refractivity contribution in [2.24, 2.45) is 0 Å². The van der Waals surface area contributed by atoms with Crippen molar-refractivity contribution in [1.82, 2.24) is 29.4 Å². The van der Waals surface area contributed by atoms with Crippen LogP contribution in [0.25, 0.3) is 22.7 Å². The molecule has 0 saturated heterocycles. The predicted octanol–water partition coefficient (Wildman–Crippen LogP) is 4.91. The Morgan fingerprint density at radius 1 is 0.935 bits per heavy atom. The second-order valence-corrected chi connectivity index (χ2v) is 7.66. The summed E-state index contributed by atoms with van der Waals surface area (Å²) in [6.45, 7) is 2.18. The number of imidazole rings is 1. The Morgan fingerprint density at radius 2 is 1.77 bits per heavy atom. The van der Waals surface area contributed by atoms with Gasteiger partial charge in [0.25, 0.3) is 0 Å². The number of fused-ring (bicyclic) bond motifs is 1. The molecule has 0 spiro atoms. The topological polar surface area (TPSA) is 60.9 Å². The van der Waals surface area contributed by atoms with E-state index in [1.807, 2.05) is 29.2 Å². The molecular weight excluding hydrogens is 384 g/mol. The third kappa shape index (κ3) is 3.97. The standard InChI is InChI=1S/C25H24N6/c1-2-3-10-21-18-31(29-28-21)22-13-11-20(12-14-22)24-23(17-19-8-5-4-6-9-19)30-16-7-15-26-25(30)27-24/h4-9,11-16,18H,2-3,10,17H2,1H3. The third-order valence-electron chi connectivity index (χ3n) is 5.45. The van der Waals surface area contributed by atoms with E-state index in [9.17, 15) is 0 Å². The van der Waals surface area contributed by atoms with Crippen molar-refractivity contribution >= 4 is 5.78 Å². The van der Waals surface area contributed by atoms with E-state index in [0.29, 0.717) is 5.78 Å². The van der Waals surface area contributed by atoms with E-state index in [1.54, 1.807) is 6.20 Å². The third-order valence-corrected chi connectivity index (χ3v) is 5.45. The number of hydrogen-bond donors (Lipinski definition) is 0. The van der Waals surface area contributed by atoms with Gasteiger partial charge in [-0.2, -0.15) is 0 Å². The first kappa shape index (κ1) is 19.2. The molecule has 0 N–H and O–H groups in total. The van der Waals surface area contributed by atoms with Gasteiger partial charge in [-0.25, -0.2) is 14.6 Å². The highest BCUT2D eigenvalue weighted by molar-refractivity contribution is 5.67. The molecule has 154 valence electrons. The van der Waals surface area contributed by atoms with E-state index in [0.717, 1.165) is 54.0 Å². The maximum absolute atomic E-state index is 4.84. The van der Waals surface area contributed by atoms with Crippen molar-refractivity contribution in [3.8, 4) is 16.9 Å². The van der Waals surface area contributed by atoms with Gasteiger partial charge in [0.2, 0.25) is 5.78 Å². The van der Waals surface area contributed by atoms with Crippen molar-refractivity contribution < 1.29 is 0 Å². The number of aromatic nitrogens is 6. The van der Waals surface area contributed by atoms with Gasteiger partial charge in [0.05, 0.1) is 29.0 Å². The molecule has 3 heterocycles. The Hall–Kier alpha value is -3.80. The first-order valence-electron chi connectivity index (χ1n) is 10.7. The Labute approximate surface area is 181 Å². The highest BCUT2D eigenvalue weighted by Crippen LogP contribution is 2.27. The van der Waals surface area contributed by atoms with Crippen molar-refractivity contribution in [2.45, 2.75) is 32.6 Å². The van der Waals surface area contributed by atoms with E-state index in [1.165, 1.54) is 5.56 Å². The van der Waals surface area contributed by atoms with Crippen LogP contribution in [0.3, 0.4) is 0 Å². The molecule has 3 aromatic heterocycles. The summed E-state index contributed by atoms with van der Waals surface area (Å²) in [7, 11) is 0. The van der Waals surface area contributed by atoms with Crippen molar-refractivity contribution in [1.29, 1.82) is 0 Å². The highest BCUT2D eigenvalue weighted by atomic mass is 15.4. The Morgan fingerprint density at radius 3 is 2.58 bits per heavy atom. The molecule has 0 amide bonds. The Bertz CT molecular complexity index is 1280. The maximum atomic E-state index is 4.84. The smallest absolute Gasteiger partial charge is 0.234 e. The number of nitrogens with zero attached hydrogens (tertiary/aromatic N) is 6. The fraction of sp³-hybridized carbons (Fsp3) is 0.200. The molecule has 6 heteroatoms. The van der Waals surface area contributed by atoms with E-state index >= 15 is 0 Å². The molecule has 0 unspecified atom stereocenters. The zero-order chi connectivity index (χ0) is 21.0. The molecule has 0 aliphatic rings. The van der Waals surface area contributed by atoms with Crippen LogP contribution in [0.5, 0.6) is 0 Å². The lowest BCUT2D eigenvalue weighted by Crippen LogP contribution is -1.98. The predicted molar refractivity (Wildman–Crippen MR) is 121 cm³/mol. The summed E-state index contributed by atoms with van der Waals surface area (Å²) in [5, 5.41) is 8.58. The number of aryl methyl sites for hydroxylation is 1. The highest BCUT2D eigenvalue weighted by Gasteiger charge is 2.15. The zero-order valence-corrected chi connectivity index (χ0v) is 17.5. The lowest BCUT2D eigenvalue weighted by molar-refractivity contribution is 0.761. The van der Waals surface area contributed by atoms with Gasteiger partial charge in [-0.15, -0.1) is 5.10 Å². The largest absolute Gasteiger partial charge is 0.287 e. The van der Waals surface area contributed by atoms with Gasteiger partial charge in [0.1, 0.15) is 0 Å². The molecule has 0 saturated carbocycles. The van der Waals surface area contributed by atoms with Gasteiger partial charge in [-0.3, -0.25) is 4.40 Å². The average molecular weight is 409 g/mol. The summed E-state index contributed by atoms with van der Waals surface area (Å²) in [6, 6.07) is 20.7. The summed E-state index contributed by atoms with van der Waals surface area (Å²) in [6.07, 6.45) is 9.85. The van der Waals surface area contributed by atoms with Crippen LogP contribution in [0.15, 0.2) is 79.3 Å². The molecule has 31 heavy (non-hydrogen) atoms. The minimum atomic E-state index is 0.712. The number of unbranched alkanes of at least 4 members (excludes halogenated alkanes) is 1. The molecule has 0 aliphatic carbocycles. The van der Waals surface area contributed by atoms with E-state index in [4.69, 9.17) is 4.98 Å². The number of benzene rings is 2. The molecule has 5 aromatic rings. The minimum Gasteiger partial charge on any atom is -0.287 e. The summed E-state index contributed by atoms with van der Waals surface area (Å²) >= 11 is 0. The van der Waals surface area contributed by atoms with Crippen LogP contribution in [-0.2, 0) is 12.8 Å². The summed E-state index contributed by atoms with van der Waals surface area (Å²) in [5.74, 6) is 0.712. The van der Waals surface area contributed by atoms with Crippen LogP contribution in [0, 0.1) is 0 Å². The fourth-order valence-corrected chi connectivity index (χ4v) is 3.79. The molecule has 0 fully saturated rings. The molecule has 2 aromatic carbocycles. The van der Waals surface area contributed by atoms with E-state index in [2.05, 4.69) is 75.2 Å². The summed E-state index contributed by atoms with van der Waals surface area (Å²) < 4.78 is 3.92. The molecule has 0 radical (unpaired) electrons. The van der Waals surface area contributed by atoms with Crippen molar-refractivity contribution in [3.63, 3.8) is 0 Å². The van der Waals surface area contributed by atoms with Crippen molar-refractivity contribution in [2.75, 3.05) is 0 Å². The van der Waals surface area contributed by atoms with Crippen LogP contribution in [0.2, 0.25) is 0 Å².